The number of unbranched alkanes of at least 4 members (excludes halogenated alkanes) is 2. The smallest absolute Gasteiger partial charge is 0.353 e. The second-order valence-corrected chi connectivity index (χ2v) is 9.75. The number of ether oxygens (including phenoxy) is 2. The average Bonchev–Trinajstić information content (AvgIpc) is 3.46. The number of rotatable bonds is 10. The Balaban J connectivity index is 1.52. The van der Waals surface area contributed by atoms with Gasteiger partial charge in [-0.1, -0.05) is 57.9 Å². The van der Waals surface area contributed by atoms with Gasteiger partial charge in [-0.15, -0.1) is 0 Å². The fourth-order valence-corrected chi connectivity index (χ4v) is 4.35. The second-order valence-electron chi connectivity index (χ2n) is 9.75. The quantitative estimate of drug-likeness (QED) is 0.321. The van der Waals surface area contributed by atoms with Crippen LogP contribution in [0.15, 0.2) is 45.7 Å². The van der Waals surface area contributed by atoms with Crippen molar-refractivity contribution >= 4 is 17.1 Å². The number of carbonyl (C=O) groups is 1. The van der Waals surface area contributed by atoms with Crippen LogP contribution in [0.4, 0.5) is 0 Å². The number of furan rings is 1. The number of hydrogen-bond donors (Lipinski definition) is 2. The Morgan fingerprint density at radius 2 is 2.03 bits per heavy atom. The van der Waals surface area contributed by atoms with Crippen LogP contribution in [0.3, 0.4) is 0 Å². The van der Waals surface area contributed by atoms with Crippen LogP contribution in [0, 0.1) is 5.92 Å². The van der Waals surface area contributed by atoms with Crippen LogP contribution in [0.5, 0.6) is 0 Å². The van der Waals surface area contributed by atoms with Gasteiger partial charge in [0.1, 0.15) is 30.2 Å². The highest BCUT2D eigenvalue weighted by Crippen LogP contribution is 2.32. The summed E-state index contributed by atoms with van der Waals surface area (Å²) >= 11 is 0. The maximum absolute atomic E-state index is 12.8. The van der Waals surface area contributed by atoms with Crippen molar-refractivity contribution in [2.45, 2.75) is 77.4 Å². The van der Waals surface area contributed by atoms with Crippen LogP contribution >= 0.6 is 0 Å². The Bertz CT molecular complexity index is 1230. The molecule has 0 saturated carbocycles. The van der Waals surface area contributed by atoms with Crippen molar-refractivity contribution in [3.05, 3.63) is 52.6 Å². The minimum absolute atomic E-state index is 0.0926. The number of benzene rings is 1. The normalized spacial score (nSPS) is 20.8. The minimum atomic E-state index is -0.779. The molecule has 4 rings (SSSR count). The van der Waals surface area contributed by atoms with E-state index < -0.39 is 36.1 Å². The Morgan fingerprint density at radius 3 is 2.69 bits per heavy atom. The molecule has 3 aromatic rings. The highest BCUT2D eigenvalue weighted by Gasteiger charge is 2.40. The van der Waals surface area contributed by atoms with E-state index in [0.29, 0.717) is 11.1 Å². The molecule has 1 aliphatic heterocycles. The summed E-state index contributed by atoms with van der Waals surface area (Å²) in [5, 5.41) is 10.4. The van der Waals surface area contributed by atoms with E-state index in [4.69, 9.17) is 19.6 Å². The van der Waals surface area contributed by atoms with Crippen LogP contribution in [0.1, 0.15) is 58.2 Å². The third-order valence-corrected chi connectivity index (χ3v) is 6.67. The maximum atomic E-state index is 12.8. The Kier molecular flexibility index (Phi) is 8.23. The molecule has 2 aromatic heterocycles. The van der Waals surface area contributed by atoms with E-state index in [1.165, 1.54) is 29.4 Å². The lowest BCUT2D eigenvalue weighted by Gasteiger charge is -2.20. The van der Waals surface area contributed by atoms with Gasteiger partial charge in [0.05, 0.1) is 12.0 Å². The fraction of sp³-hybridized carbons (Fsp3) is 0.519. The number of aryl methyl sites for hydroxylation is 1. The van der Waals surface area contributed by atoms with Gasteiger partial charge in [0.15, 0.2) is 0 Å². The lowest BCUT2D eigenvalue weighted by Crippen LogP contribution is -2.41. The number of aliphatic hydroxyl groups excluding tert-OH is 1. The van der Waals surface area contributed by atoms with Gasteiger partial charge >= 0.3 is 11.7 Å². The number of hydrogen-bond acceptors (Lipinski definition) is 8. The lowest BCUT2D eigenvalue weighted by molar-refractivity contribution is -0.155. The van der Waals surface area contributed by atoms with Crippen LogP contribution in [-0.2, 0) is 20.7 Å². The summed E-state index contributed by atoms with van der Waals surface area (Å²) in [4.78, 5) is 29.2. The van der Waals surface area contributed by atoms with Gasteiger partial charge in [-0.25, -0.2) is 4.79 Å². The summed E-state index contributed by atoms with van der Waals surface area (Å²) in [5.41, 5.74) is 7.75. The molecular weight excluding hydrogens is 462 g/mol. The van der Waals surface area contributed by atoms with Crippen LogP contribution in [0.2, 0.25) is 0 Å². The molecule has 36 heavy (non-hydrogen) atoms. The van der Waals surface area contributed by atoms with Gasteiger partial charge in [0.25, 0.3) is 0 Å². The van der Waals surface area contributed by atoms with Gasteiger partial charge in [-0.2, -0.15) is 4.98 Å². The molecule has 1 fully saturated rings. The molecule has 0 spiro atoms. The molecule has 4 atom stereocenters. The molecule has 0 amide bonds. The number of aromatic nitrogens is 2. The molecule has 0 aliphatic carbocycles. The minimum Gasteiger partial charge on any atom is -0.458 e. The Hall–Kier alpha value is -3.01. The molecule has 0 radical (unpaired) electrons. The van der Waals surface area contributed by atoms with Crippen LogP contribution in [-0.4, -0.2) is 45.5 Å². The lowest BCUT2D eigenvalue weighted by atomic mass is 10.0. The number of carbonyl (C=O) groups excluding carboxylic acids is 1. The van der Waals surface area contributed by atoms with E-state index in [9.17, 15) is 14.7 Å². The van der Waals surface area contributed by atoms with Gasteiger partial charge < -0.3 is 24.7 Å². The third kappa shape index (κ3) is 5.69. The van der Waals surface area contributed by atoms with E-state index in [-0.39, 0.29) is 24.7 Å². The summed E-state index contributed by atoms with van der Waals surface area (Å²) in [6.07, 6.45) is 4.20. The Morgan fingerprint density at radius 1 is 1.28 bits per heavy atom. The van der Waals surface area contributed by atoms with Crippen molar-refractivity contribution < 1.29 is 23.8 Å². The molecule has 1 unspecified atom stereocenters. The fourth-order valence-electron chi connectivity index (χ4n) is 4.35. The van der Waals surface area contributed by atoms with Crippen molar-refractivity contribution in [1.29, 1.82) is 0 Å². The molecule has 1 aromatic carbocycles. The summed E-state index contributed by atoms with van der Waals surface area (Å²) in [6, 6.07) is 9.27. The number of fused-ring (bicyclic) bond motifs is 1. The molecule has 9 heteroatoms. The van der Waals surface area contributed by atoms with Gasteiger partial charge in [0, 0.05) is 18.2 Å². The molecule has 0 bridgehead atoms. The zero-order valence-corrected chi connectivity index (χ0v) is 21.1. The first-order valence-corrected chi connectivity index (χ1v) is 12.6. The molecule has 9 nitrogen and oxygen atoms in total. The largest absolute Gasteiger partial charge is 0.458 e. The zero-order chi connectivity index (χ0) is 25.8. The van der Waals surface area contributed by atoms with Crippen molar-refractivity contribution in [1.82, 2.24) is 9.55 Å². The first-order chi connectivity index (χ1) is 17.3. The number of esters is 1. The van der Waals surface area contributed by atoms with Crippen molar-refractivity contribution in [2.24, 2.45) is 11.7 Å². The van der Waals surface area contributed by atoms with E-state index in [1.54, 1.807) is 6.20 Å². The average molecular weight is 498 g/mol. The van der Waals surface area contributed by atoms with Crippen LogP contribution < -0.4 is 11.4 Å². The van der Waals surface area contributed by atoms with Gasteiger partial charge in [-0.05, 0) is 30.4 Å². The predicted octanol–water partition coefficient (Wildman–Crippen LogP) is 3.56. The highest BCUT2D eigenvalue weighted by molar-refractivity contribution is 5.79. The third-order valence-electron chi connectivity index (χ3n) is 6.67. The predicted molar refractivity (Wildman–Crippen MR) is 135 cm³/mol. The van der Waals surface area contributed by atoms with Crippen molar-refractivity contribution in [3.63, 3.8) is 0 Å². The first kappa shape index (κ1) is 26.1. The van der Waals surface area contributed by atoms with Crippen molar-refractivity contribution in [3.8, 4) is 11.3 Å². The standard InChI is InChI=1S/C27H35N3O6/c1-4-5-6-7-17-8-10-18(11-9-17)20-12-19-14-30(27(33)29-25(19)35-20)23-13-21(22(15-31)34-23)36-26(32)24(28)16(2)3/h8-12,14,16,21-24,31H,4-7,13,15,28H2,1-3H3/t21-,22-,23-,24?/m1/s1. The summed E-state index contributed by atoms with van der Waals surface area (Å²) < 4.78 is 18.6. The molecular formula is C27H35N3O6. The molecule has 1 aliphatic rings. The molecule has 3 heterocycles. The SMILES string of the molecule is CCCCCc1ccc(-c2cc3cn([C@H]4C[C@@H](OC(=O)C(N)C(C)C)[C@@H](CO)O4)c(=O)nc3o2)cc1. The van der Waals surface area contributed by atoms with Gasteiger partial charge in [0.2, 0.25) is 5.71 Å². The molecule has 1 saturated heterocycles. The van der Waals surface area contributed by atoms with E-state index in [1.807, 2.05) is 32.0 Å². The maximum Gasteiger partial charge on any atom is 0.353 e. The second kappa shape index (κ2) is 11.4. The number of nitrogens with zero attached hydrogens (tertiary/aromatic N) is 2. The van der Waals surface area contributed by atoms with Crippen LogP contribution in [0.25, 0.3) is 22.4 Å². The topological polar surface area (TPSA) is 130 Å². The van der Waals surface area contributed by atoms with E-state index >= 15 is 0 Å². The molecule has 194 valence electrons. The first-order valence-electron chi connectivity index (χ1n) is 12.6. The zero-order valence-electron chi connectivity index (χ0n) is 21.1. The van der Waals surface area contributed by atoms with E-state index in [0.717, 1.165) is 12.0 Å². The number of nitrogens with two attached hydrogens (primary N) is 1. The molecule has 3 N–H and O–H groups in total. The van der Waals surface area contributed by atoms with Gasteiger partial charge in [-0.3, -0.25) is 9.36 Å². The summed E-state index contributed by atoms with van der Waals surface area (Å²) in [7, 11) is 0. The summed E-state index contributed by atoms with van der Waals surface area (Å²) in [6.45, 7) is 5.48. The number of aliphatic hydroxyl groups is 1. The van der Waals surface area contributed by atoms with Crippen molar-refractivity contribution in [2.75, 3.05) is 6.61 Å². The Labute approximate surface area is 210 Å². The summed E-state index contributed by atoms with van der Waals surface area (Å²) in [5.74, 6) is -0.0377. The highest BCUT2D eigenvalue weighted by atomic mass is 16.6. The van der Waals surface area contributed by atoms with E-state index in [2.05, 4.69) is 24.0 Å². The monoisotopic (exact) mass is 497 g/mol.